The molecule has 1 aromatic rings. The number of likely N-dealkylation sites (N-methyl/N-ethyl adjacent to an activating group) is 1. The maximum Gasteiger partial charge on any atom is 0.255 e. The van der Waals surface area contributed by atoms with Gasteiger partial charge in [0.15, 0.2) is 11.4 Å². The van der Waals surface area contributed by atoms with Crippen molar-refractivity contribution in [3.8, 4) is 5.75 Å². The Labute approximate surface area is 201 Å². The first-order valence-corrected chi connectivity index (χ1v) is 11.2. The molecular formula is C25H28N2O8. The Bertz CT molecular complexity index is 1250. The van der Waals surface area contributed by atoms with Gasteiger partial charge in [-0.3, -0.25) is 19.3 Å². The van der Waals surface area contributed by atoms with Crippen LogP contribution in [0.2, 0.25) is 0 Å². The van der Waals surface area contributed by atoms with E-state index in [0.717, 1.165) is 0 Å². The molecule has 1 aromatic carbocycles. The van der Waals surface area contributed by atoms with E-state index < -0.39 is 69.9 Å². The summed E-state index contributed by atoms with van der Waals surface area (Å²) in [6.45, 7) is 3.09. The number of nitrogens with zero attached hydrogens (tertiary/aromatic N) is 1. The third-order valence-electron chi connectivity index (χ3n) is 7.71. The van der Waals surface area contributed by atoms with Crippen molar-refractivity contribution in [2.24, 2.45) is 23.5 Å². The normalized spacial score (nSPS) is 32.3. The average Bonchev–Trinajstić information content (AvgIpc) is 2.75. The molecule has 0 saturated heterocycles. The van der Waals surface area contributed by atoms with Crippen LogP contribution in [0.4, 0.5) is 0 Å². The Morgan fingerprint density at radius 1 is 1.14 bits per heavy atom. The smallest absolute Gasteiger partial charge is 0.255 e. The molecule has 35 heavy (non-hydrogen) atoms. The summed E-state index contributed by atoms with van der Waals surface area (Å²) in [5.74, 6) is -9.21. The number of aliphatic hydroxyl groups is 3. The summed E-state index contributed by atoms with van der Waals surface area (Å²) >= 11 is 0. The fourth-order valence-electron chi connectivity index (χ4n) is 6.40. The van der Waals surface area contributed by atoms with Crippen LogP contribution in [0.25, 0.3) is 0 Å². The Balaban J connectivity index is 2.11. The highest BCUT2D eigenvalue weighted by atomic mass is 16.3. The number of fused-ring (bicyclic) bond motifs is 3. The van der Waals surface area contributed by atoms with Gasteiger partial charge in [-0.15, -0.1) is 0 Å². The predicted molar refractivity (Wildman–Crippen MR) is 123 cm³/mol. The highest BCUT2D eigenvalue weighted by molar-refractivity contribution is 6.25. The number of hydrogen-bond acceptors (Lipinski definition) is 9. The van der Waals surface area contributed by atoms with Crippen LogP contribution in [0, 0.1) is 17.8 Å². The molecule has 3 aliphatic carbocycles. The molecule has 3 aliphatic rings. The van der Waals surface area contributed by atoms with Crippen LogP contribution in [0.3, 0.4) is 0 Å². The average molecular weight is 485 g/mol. The molecule has 0 bridgehead atoms. The minimum absolute atomic E-state index is 0.0673. The SMILES string of the molecule is CC(=O)C[C@H]1[C@H]2C(=C(O)[C@]3(O)C(=O)C(C(N)=O)=C(O)[C@@H](N(C)C)[C@H]13)C(=O)c1c(O)cccc1[C@@H]2C. The molecule has 10 heteroatoms. The van der Waals surface area contributed by atoms with Crippen LogP contribution >= 0.6 is 0 Å². The number of phenolic OH excluding ortho intramolecular Hbond substituents is 1. The van der Waals surface area contributed by atoms with Crippen LogP contribution < -0.4 is 5.73 Å². The molecule has 0 radical (unpaired) electrons. The van der Waals surface area contributed by atoms with Crippen molar-refractivity contribution < 1.29 is 39.6 Å². The van der Waals surface area contributed by atoms with Crippen molar-refractivity contribution in [2.75, 3.05) is 14.1 Å². The highest BCUT2D eigenvalue weighted by Gasteiger charge is 2.67. The lowest BCUT2D eigenvalue weighted by Gasteiger charge is -2.55. The zero-order chi connectivity index (χ0) is 26.1. The number of rotatable bonds is 4. The first-order valence-electron chi connectivity index (χ1n) is 11.2. The first-order chi connectivity index (χ1) is 16.3. The molecular weight excluding hydrogens is 456 g/mol. The summed E-state index contributed by atoms with van der Waals surface area (Å²) in [5, 5.41) is 44.7. The van der Waals surface area contributed by atoms with E-state index >= 15 is 0 Å². The summed E-state index contributed by atoms with van der Waals surface area (Å²) in [6.07, 6.45) is -0.184. The molecule has 0 spiro atoms. The fourth-order valence-corrected chi connectivity index (χ4v) is 6.40. The van der Waals surface area contributed by atoms with Crippen molar-refractivity contribution in [1.29, 1.82) is 0 Å². The number of benzene rings is 1. The van der Waals surface area contributed by atoms with E-state index in [0.29, 0.717) is 5.56 Å². The molecule has 0 unspecified atom stereocenters. The van der Waals surface area contributed by atoms with Gasteiger partial charge < -0.3 is 31.0 Å². The summed E-state index contributed by atoms with van der Waals surface area (Å²) in [5.41, 5.74) is 1.80. The van der Waals surface area contributed by atoms with Crippen molar-refractivity contribution in [3.05, 3.63) is 52.0 Å². The molecule has 0 aromatic heterocycles. The molecule has 6 N–H and O–H groups in total. The second kappa shape index (κ2) is 8.03. The van der Waals surface area contributed by atoms with Crippen molar-refractivity contribution in [3.63, 3.8) is 0 Å². The number of carbonyl (C=O) groups excluding carboxylic acids is 4. The van der Waals surface area contributed by atoms with Gasteiger partial charge in [-0.2, -0.15) is 0 Å². The lowest BCUT2D eigenvalue weighted by molar-refractivity contribution is -0.156. The van der Waals surface area contributed by atoms with Gasteiger partial charge in [0.2, 0.25) is 5.78 Å². The summed E-state index contributed by atoms with van der Waals surface area (Å²) in [4.78, 5) is 53.1. The van der Waals surface area contributed by atoms with E-state index in [4.69, 9.17) is 5.73 Å². The summed E-state index contributed by atoms with van der Waals surface area (Å²) in [7, 11) is 3.08. The Kier molecular flexibility index (Phi) is 5.65. The molecule has 0 aliphatic heterocycles. The number of aliphatic hydroxyl groups excluding tert-OH is 2. The number of phenols is 1. The van der Waals surface area contributed by atoms with Gasteiger partial charge in [0, 0.05) is 23.8 Å². The van der Waals surface area contributed by atoms with Crippen LogP contribution in [-0.2, 0) is 14.4 Å². The van der Waals surface area contributed by atoms with E-state index in [9.17, 15) is 39.6 Å². The van der Waals surface area contributed by atoms with Gasteiger partial charge >= 0.3 is 0 Å². The van der Waals surface area contributed by atoms with Crippen LogP contribution in [0.5, 0.6) is 5.75 Å². The van der Waals surface area contributed by atoms with Gasteiger partial charge in [-0.05, 0) is 44.5 Å². The zero-order valence-electron chi connectivity index (χ0n) is 19.8. The Morgan fingerprint density at radius 3 is 2.31 bits per heavy atom. The minimum atomic E-state index is -2.81. The second-order valence-corrected chi connectivity index (χ2v) is 9.87. The number of amides is 1. The van der Waals surface area contributed by atoms with Crippen LogP contribution in [0.15, 0.2) is 40.9 Å². The molecule has 6 atom stereocenters. The van der Waals surface area contributed by atoms with E-state index in [-0.39, 0.29) is 29.1 Å². The van der Waals surface area contributed by atoms with Gasteiger partial charge in [-0.25, -0.2) is 0 Å². The molecule has 4 rings (SSSR count). The Hall–Kier alpha value is -3.50. The standard InChI is InChI=1S/C25H28N2O8/c1-9(28)8-12-14-10(2)11-6-5-7-13(29)15(11)20(30)16(14)22(32)25(35)18(12)19(27(3)4)21(31)17(23(25)33)24(26)34/h5-7,10,12,14,18-19,29,31-32,35H,8H2,1-4H3,(H2,26,34)/t10-,12-,14-,18-,19-,25-/m0/s1. The van der Waals surface area contributed by atoms with Crippen molar-refractivity contribution in [1.82, 2.24) is 4.90 Å². The first kappa shape index (κ1) is 24.6. The summed E-state index contributed by atoms with van der Waals surface area (Å²) < 4.78 is 0. The fraction of sp³-hybridized carbons (Fsp3) is 0.440. The van der Waals surface area contributed by atoms with E-state index in [1.807, 2.05) is 0 Å². The molecule has 10 nitrogen and oxygen atoms in total. The van der Waals surface area contributed by atoms with Gasteiger partial charge in [0.1, 0.15) is 28.6 Å². The maximum absolute atomic E-state index is 13.6. The Morgan fingerprint density at radius 2 is 1.77 bits per heavy atom. The third-order valence-corrected chi connectivity index (χ3v) is 7.71. The van der Waals surface area contributed by atoms with Gasteiger partial charge in [0.05, 0.1) is 11.6 Å². The number of hydrogen-bond donors (Lipinski definition) is 5. The monoisotopic (exact) mass is 484 g/mol. The number of carbonyl (C=O) groups is 4. The second-order valence-electron chi connectivity index (χ2n) is 9.87. The van der Waals surface area contributed by atoms with Gasteiger partial charge in [-0.1, -0.05) is 19.1 Å². The maximum atomic E-state index is 13.6. The minimum Gasteiger partial charge on any atom is -0.510 e. The lowest BCUT2D eigenvalue weighted by atomic mass is 9.51. The molecule has 186 valence electrons. The summed E-state index contributed by atoms with van der Waals surface area (Å²) in [6, 6.07) is 3.37. The quantitative estimate of drug-likeness (QED) is 0.388. The number of primary amides is 1. The molecule has 0 fully saturated rings. The van der Waals surface area contributed by atoms with E-state index in [2.05, 4.69) is 0 Å². The zero-order valence-corrected chi connectivity index (χ0v) is 19.8. The largest absolute Gasteiger partial charge is 0.510 e. The number of allylic oxidation sites excluding steroid dienone is 1. The predicted octanol–water partition coefficient (Wildman–Crippen LogP) is 0.887. The number of nitrogens with two attached hydrogens (primary N) is 1. The third kappa shape index (κ3) is 3.16. The van der Waals surface area contributed by atoms with Crippen molar-refractivity contribution >= 4 is 23.3 Å². The number of Topliss-reactive ketones (excluding diaryl/α,β-unsaturated/α-hetero) is 3. The van der Waals surface area contributed by atoms with E-state index in [1.54, 1.807) is 33.2 Å². The molecule has 0 heterocycles. The number of aromatic hydroxyl groups is 1. The van der Waals surface area contributed by atoms with Crippen molar-refractivity contribution in [2.45, 2.75) is 37.8 Å². The molecule has 1 amide bonds. The molecule has 0 saturated carbocycles. The van der Waals surface area contributed by atoms with Crippen LogP contribution in [0.1, 0.15) is 42.1 Å². The van der Waals surface area contributed by atoms with Gasteiger partial charge in [0.25, 0.3) is 5.91 Å². The number of ketones is 3. The van der Waals surface area contributed by atoms with E-state index in [1.165, 1.54) is 17.9 Å². The topological polar surface area (TPSA) is 178 Å². The highest BCUT2D eigenvalue weighted by Crippen LogP contribution is 2.58. The van der Waals surface area contributed by atoms with Crippen LogP contribution in [-0.4, -0.2) is 74.3 Å². The lowest BCUT2D eigenvalue weighted by Crippen LogP contribution is -2.67.